The molecule has 0 spiro atoms. The van der Waals surface area contributed by atoms with Gasteiger partial charge in [0.25, 0.3) is 5.91 Å². The second-order valence-electron chi connectivity index (χ2n) is 3.43. The summed E-state index contributed by atoms with van der Waals surface area (Å²) in [6, 6.07) is 1.70. The second-order valence-corrected chi connectivity index (χ2v) is 3.43. The van der Waals surface area contributed by atoms with Gasteiger partial charge < -0.3 is 5.32 Å². The molecule has 1 amide bonds. The first-order chi connectivity index (χ1) is 8.31. The van der Waals surface area contributed by atoms with Crippen molar-refractivity contribution in [2.75, 3.05) is 5.32 Å². The van der Waals surface area contributed by atoms with Gasteiger partial charge in [-0.2, -0.15) is 0 Å². The summed E-state index contributed by atoms with van der Waals surface area (Å²) in [5.74, 6) is 0.251. The summed E-state index contributed by atoms with van der Waals surface area (Å²) in [5.41, 5.74) is 1.53. The van der Waals surface area contributed by atoms with Gasteiger partial charge in [0.15, 0.2) is 5.82 Å². The molecule has 5 nitrogen and oxygen atoms in total. The molecule has 0 radical (unpaired) electrons. The Kier molecular flexibility index (Phi) is 3.40. The number of rotatable bonds is 3. The van der Waals surface area contributed by atoms with Crippen LogP contribution in [0.2, 0.25) is 0 Å². The van der Waals surface area contributed by atoms with E-state index in [-0.39, 0.29) is 5.91 Å². The Morgan fingerprint density at radius 3 is 2.76 bits per heavy atom. The van der Waals surface area contributed by atoms with Crippen LogP contribution in [-0.2, 0) is 6.42 Å². The molecule has 86 valence electrons. The van der Waals surface area contributed by atoms with Gasteiger partial charge in [-0.1, -0.05) is 6.92 Å². The van der Waals surface area contributed by atoms with Crippen molar-refractivity contribution in [1.82, 2.24) is 15.0 Å². The highest BCUT2D eigenvalue weighted by molar-refractivity contribution is 6.04. The molecule has 0 saturated heterocycles. The van der Waals surface area contributed by atoms with Gasteiger partial charge in [0, 0.05) is 30.4 Å². The predicted octanol–water partition coefficient (Wildman–Crippen LogP) is 1.69. The summed E-state index contributed by atoms with van der Waals surface area (Å²) >= 11 is 0. The fourth-order valence-electron chi connectivity index (χ4n) is 1.48. The number of amides is 1. The lowest BCUT2D eigenvalue weighted by Crippen LogP contribution is -2.15. The van der Waals surface area contributed by atoms with Crippen LogP contribution in [0.4, 0.5) is 5.82 Å². The molecule has 17 heavy (non-hydrogen) atoms. The number of aryl methyl sites for hydroxylation is 1. The molecule has 0 atom stereocenters. The van der Waals surface area contributed by atoms with E-state index in [9.17, 15) is 4.79 Å². The minimum atomic E-state index is -0.190. The summed E-state index contributed by atoms with van der Waals surface area (Å²) in [4.78, 5) is 23.9. The number of pyridine rings is 1. The molecule has 0 fully saturated rings. The standard InChI is InChI=1S/C12H12N4O/c1-2-9-7-13-4-3-10(9)12(17)16-11-8-14-5-6-15-11/h3-8H,2H2,1H3,(H,15,16,17). The molecule has 2 aromatic heterocycles. The molecule has 0 aromatic carbocycles. The Labute approximate surface area is 99.0 Å². The van der Waals surface area contributed by atoms with Crippen molar-refractivity contribution in [3.63, 3.8) is 0 Å². The van der Waals surface area contributed by atoms with Crippen molar-refractivity contribution in [2.24, 2.45) is 0 Å². The van der Waals surface area contributed by atoms with Crippen molar-refractivity contribution >= 4 is 11.7 Å². The number of carbonyl (C=O) groups is 1. The first-order valence-corrected chi connectivity index (χ1v) is 5.31. The van der Waals surface area contributed by atoms with E-state index in [1.165, 1.54) is 12.4 Å². The van der Waals surface area contributed by atoms with Gasteiger partial charge in [-0.15, -0.1) is 0 Å². The number of nitrogens with zero attached hydrogens (tertiary/aromatic N) is 3. The van der Waals surface area contributed by atoms with E-state index in [1.807, 2.05) is 6.92 Å². The van der Waals surface area contributed by atoms with E-state index in [4.69, 9.17) is 0 Å². The van der Waals surface area contributed by atoms with Crippen LogP contribution >= 0.6 is 0 Å². The summed E-state index contributed by atoms with van der Waals surface area (Å²) < 4.78 is 0. The first-order valence-electron chi connectivity index (χ1n) is 5.31. The van der Waals surface area contributed by atoms with Crippen LogP contribution in [0.15, 0.2) is 37.1 Å². The topological polar surface area (TPSA) is 67.8 Å². The smallest absolute Gasteiger partial charge is 0.257 e. The van der Waals surface area contributed by atoms with Crippen molar-refractivity contribution in [2.45, 2.75) is 13.3 Å². The third-order valence-electron chi connectivity index (χ3n) is 2.33. The molecule has 0 bridgehead atoms. The third-order valence-corrected chi connectivity index (χ3v) is 2.33. The zero-order chi connectivity index (χ0) is 12.1. The van der Waals surface area contributed by atoms with Gasteiger partial charge in [0.05, 0.1) is 6.20 Å². The molecule has 1 N–H and O–H groups in total. The van der Waals surface area contributed by atoms with Crippen LogP contribution in [0.25, 0.3) is 0 Å². The van der Waals surface area contributed by atoms with Gasteiger partial charge in [-0.3, -0.25) is 14.8 Å². The van der Waals surface area contributed by atoms with E-state index < -0.39 is 0 Å². The predicted molar refractivity (Wildman–Crippen MR) is 63.6 cm³/mol. The highest BCUT2D eigenvalue weighted by atomic mass is 16.1. The summed E-state index contributed by atoms with van der Waals surface area (Å²) in [7, 11) is 0. The Morgan fingerprint density at radius 1 is 1.24 bits per heavy atom. The quantitative estimate of drug-likeness (QED) is 0.868. The van der Waals surface area contributed by atoms with Crippen LogP contribution < -0.4 is 5.32 Å². The third kappa shape index (κ3) is 2.63. The summed E-state index contributed by atoms with van der Waals surface area (Å²) in [6.45, 7) is 1.98. The maximum atomic E-state index is 12.0. The maximum absolute atomic E-state index is 12.0. The van der Waals surface area contributed by atoms with Crippen LogP contribution in [0.1, 0.15) is 22.8 Å². The number of aromatic nitrogens is 3. The van der Waals surface area contributed by atoms with E-state index in [1.54, 1.807) is 24.7 Å². The van der Waals surface area contributed by atoms with E-state index >= 15 is 0 Å². The summed E-state index contributed by atoms with van der Waals surface area (Å²) in [6.07, 6.45) is 8.65. The summed E-state index contributed by atoms with van der Waals surface area (Å²) in [5, 5.41) is 2.69. The molecule has 2 rings (SSSR count). The largest absolute Gasteiger partial charge is 0.305 e. The lowest BCUT2D eigenvalue weighted by molar-refractivity contribution is 0.102. The average molecular weight is 228 g/mol. The van der Waals surface area contributed by atoms with E-state index in [0.717, 1.165) is 12.0 Å². The van der Waals surface area contributed by atoms with Gasteiger partial charge in [-0.05, 0) is 18.1 Å². The fourth-order valence-corrected chi connectivity index (χ4v) is 1.48. The molecular weight excluding hydrogens is 216 g/mol. The number of hydrogen-bond donors (Lipinski definition) is 1. The van der Waals surface area contributed by atoms with Crippen molar-refractivity contribution in [3.8, 4) is 0 Å². The molecule has 0 aliphatic heterocycles. The SMILES string of the molecule is CCc1cnccc1C(=O)Nc1cnccn1. The molecule has 2 aromatic rings. The lowest BCUT2D eigenvalue weighted by Gasteiger charge is -2.07. The monoisotopic (exact) mass is 228 g/mol. The molecular formula is C12H12N4O. The van der Waals surface area contributed by atoms with E-state index in [2.05, 4.69) is 20.3 Å². The Balaban J connectivity index is 2.20. The van der Waals surface area contributed by atoms with Gasteiger partial charge in [0.1, 0.15) is 0 Å². The van der Waals surface area contributed by atoms with Crippen molar-refractivity contribution in [3.05, 3.63) is 48.2 Å². The number of nitrogens with one attached hydrogen (secondary N) is 1. The number of carbonyl (C=O) groups excluding carboxylic acids is 1. The minimum absolute atomic E-state index is 0.190. The van der Waals surface area contributed by atoms with Gasteiger partial charge >= 0.3 is 0 Å². The molecule has 0 aliphatic carbocycles. The zero-order valence-corrected chi connectivity index (χ0v) is 9.42. The minimum Gasteiger partial charge on any atom is -0.305 e. The molecule has 2 heterocycles. The molecule has 0 unspecified atom stereocenters. The second kappa shape index (κ2) is 5.16. The Hall–Kier alpha value is -2.30. The normalized spacial score (nSPS) is 9.94. The zero-order valence-electron chi connectivity index (χ0n) is 9.42. The van der Waals surface area contributed by atoms with E-state index in [0.29, 0.717) is 11.4 Å². The number of hydrogen-bond acceptors (Lipinski definition) is 4. The van der Waals surface area contributed by atoms with Crippen LogP contribution in [0.5, 0.6) is 0 Å². The van der Waals surface area contributed by atoms with Crippen molar-refractivity contribution < 1.29 is 4.79 Å². The van der Waals surface area contributed by atoms with Crippen molar-refractivity contribution in [1.29, 1.82) is 0 Å². The molecule has 0 saturated carbocycles. The van der Waals surface area contributed by atoms with Gasteiger partial charge in [-0.25, -0.2) is 4.98 Å². The van der Waals surface area contributed by atoms with Crippen LogP contribution in [0, 0.1) is 0 Å². The first kappa shape index (κ1) is 11.2. The lowest BCUT2D eigenvalue weighted by atomic mass is 10.1. The highest BCUT2D eigenvalue weighted by Gasteiger charge is 2.10. The highest BCUT2D eigenvalue weighted by Crippen LogP contribution is 2.10. The molecule has 0 aliphatic rings. The number of anilines is 1. The molecule has 5 heteroatoms. The average Bonchev–Trinajstić information content (AvgIpc) is 2.40. The van der Waals surface area contributed by atoms with Gasteiger partial charge in [0.2, 0.25) is 0 Å². The van der Waals surface area contributed by atoms with Crippen LogP contribution in [0.3, 0.4) is 0 Å². The van der Waals surface area contributed by atoms with Crippen LogP contribution in [-0.4, -0.2) is 20.9 Å². The maximum Gasteiger partial charge on any atom is 0.257 e. The Bertz CT molecular complexity index is 513. The Morgan fingerprint density at radius 2 is 2.06 bits per heavy atom. The fraction of sp³-hybridized carbons (Fsp3) is 0.167.